The second kappa shape index (κ2) is 8.40. The van der Waals surface area contributed by atoms with Gasteiger partial charge in [0.1, 0.15) is 5.75 Å². The average molecular weight is 520 g/mol. The Morgan fingerprint density at radius 3 is 2.60 bits per heavy atom. The van der Waals surface area contributed by atoms with Crippen LogP contribution in [0.5, 0.6) is 11.7 Å². The summed E-state index contributed by atoms with van der Waals surface area (Å²) in [6.45, 7) is 0.0125. The lowest BCUT2D eigenvalue weighted by Crippen LogP contribution is -2.43. The van der Waals surface area contributed by atoms with E-state index in [1.54, 1.807) is 43.5 Å². The highest BCUT2D eigenvalue weighted by atomic mass is 127. The van der Waals surface area contributed by atoms with E-state index in [0.717, 1.165) is 8.47 Å². The summed E-state index contributed by atoms with van der Waals surface area (Å²) in [5.74, 6) is -0.615. The molecule has 1 saturated heterocycles. The topological polar surface area (TPSA) is 112 Å². The molecule has 0 bridgehead atoms. The number of imide groups is 1. The summed E-state index contributed by atoms with van der Waals surface area (Å²) < 4.78 is 12.3. The van der Waals surface area contributed by atoms with Gasteiger partial charge in [0.2, 0.25) is 11.6 Å². The lowest BCUT2D eigenvalue weighted by molar-refractivity contribution is -0.677. The molecule has 9 nitrogen and oxygen atoms in total. The van der Waals surface area contributed by atoms with E-state index >= 15 is 0 Å². The monoisotopic (exact) mass is 520 g/mol. The van der Waals surface area contributed by atoms with Gasteiger partial charge in [0.15, 0.2) is 5.95 Å². The summed E-state index contributed by atoms with van der Waals surface area (Å²) in [4.78, 5) is 26.3. The Morgan fingerprint density at radius 2 is 1.93 bits per heavy atom. The molecule has 0 radical (unpaired) electrons. The van der Waals surface area contributed by atoms with Crippen molar-refractivity contribution in [3.8, 4) is 17.4 Å². The number of aromatic nitrogens is 2. The molecule has 1 aromatic heterocycles. The van der Waals surface area contributed by atoms with Gasteiger partial charge in [0, 0.05) is 15.7 Å². The van der Waals surface area contributed by atoms with Crippen molar-refractivity contribution in [2.75, 3.05) is 12.0 Å². The molecule has 3 aromatic rings. The number of ether oxygens (including phenoxy) is 1. The van der Waals surface area contributed by atoms with Crippen molar-refractivity contribution in [3.05, 3.63) is 57.8 Å². The molecule has 1 unspecified atom stereocenters. The molecule has 2 heterocycles. The molecule has 30 heavy (non-hydrogen) atoms. The zero-order chi connectivity index (χ0) is 21.3. The van der Waals surface area contributed by atoms with E-state index in [2.05, 4.69) is 33.2 Å². The van der Waals surface area contributed by atoms with Gasteiger partial charge in [0.25, 0.3) is 11.6 Å². The van der Waals surface area contributed by atoms with Crippen LogP contribution >= 0.6 is 22.6 Å². The first-order valence-corrected chi connectivity index (χ1v) is 10.1. The van der Waals surface area contributed by atoms with Crippen molar-refractivity contribution in [1.82, 2.24) is 10.6 Å². The molecule has 0 spiro atoms. The highest BCUT2D eigenvalue weighted by Gasteiger charge is 2.39. The van der Waals surface area contributed by atoms with E-state index < -0.39 is 12.0 Å². The van der Waals surface area contributed by atoms with Crippen LogP contribution in [-0.4, -0.2) is 30.2 Å². The molecule has 0 saturated carbocycles. The number of nitrogens with zero attached hydrogens (tertiary/aromatic N) is 3. The van der Waals surface area contributed by atoms with Crippen molar-refractivity contribution in [2.45, 2.75) is 19.0 Å². The van der Waals surface area contributed by atoms with Crippen LogP contribution in [0.1, 0.15) is 12.1 Å². The third-order valence-electron chi connectivity index (χ3n) is 4.76. The standard InChI is InChI=1S/C20H17IN4O5/c1-29-15-8-6-14(7-9-15)25-17(20(28)30-23-25)11-22-16-10-18(26)24(19(16)27)13-4-2-12(21)3-5-13/h2-9,16,22H,10-11H2,1H3. The van der Waals surface area contributed by atoms with Gasteiger partial charge in [-0.25, -0.2) is 4.90 Å². The molecule has 1 aliphatic rings. The Morgan fingerprint density at radius 1 is 1.23 bits per heavy atom. The summed E-state index contributed by atoms with van der Waals surface area (Å²) in [5.41, 5.74) is 1.35. The van der Waals surface area contributed by atoms with Crippen LogP contribution in [0.2, 0.25) is 0 Å². The van der Waals surface area contributed by atoms with Gasteiger partial charge in [-0.05, 0) is 63.7 Å². The van der Waals surface area contributed by atoms with Crippen LogP contribution < -0.4 is 24.7 Å². The Bertz CT molecular complexity index is 1080. The highest BCUT2D eigenvalue weighted by Crippen LogP contribution is 2.24. The lowest BCUT2D eigenvalue weighted by atomic mass is 10.2. The van der Waals surface area contributed by atoms with E-state index in [1.807, 2.05) is 12.1 Å². The smallest absolute Gasteiger partial charge is 0.253 e. The minimum Gasteiger partial charge on any atom is -0.539 e. The fraction of sp³-hybridized carbons (Fsp3) is 0.200. The maximum absolute atomic E-state index is 12.8. The van der Waals surface area contributed by atoms with E-state index in [9.17, 15) is 14.7 Å². The number of carbonyl (C=O) groups excluding carboxylic acids is 2. The highest BCUT2D eigenvalue weighted by molar-refractivity contribution is 14.1. The zero-order valence-corrected chi connectivity index (χ0v) is 18.0. The number of benzene rings is 2. The quantitative estimate of drug-likeness (QED) is 0.294. The van der Waals surface area contributed by atoms with Crippen LogP contribution in [0.15, 0.2) is 53.1 Å². The van der Waals surface area contributed by atoms with E-state index in [1.165, 1.54) is 4.68 Å². The van der Waals surface area contributed by atoms with E-state index in [-0.39, 0.29) is 30.5 Å². The van der Waals surface area contributed by atoms with Crippen molar-refractivity contribution < 1.29 is 28.6 Å². The van der Waals surface area contributed by atoms with Crippen LogP contribution in [0.4, 0.5) is 5.69 Å². The van der Waals surface area contributed by atoms with Crippen LogP contribution in [-0.2, 0) is 16.1 Å². The molecule has 1 N–H and O–H groups in total. The predicted molar refractivity (Wildman–Crippen MR) is 111 cm³/mol. The first kappa shape index (κ1) is 20.3. The predicted octanol–water partition coefficient (Wildman–Crippen LogP) is 1.06. The van der Waals surface area contributed by atoms with Gasteiger partial charge < -0.3 is 14.4 Å². The molecule has 154 valence electrons. The number of carbonyl (C=O) groups is 2. The van der Waals surface area contributed by atoms with Gasteiger partial charge >= 0.3 is 0 Å². The van der Waals surface area contributed by atoms with Gasteiger partial charge in [0.05, 0.1) is 37.1 Å². The first-order chi connectivity index (χ1) is 14.5. The molecule has 1 atom stereocenters. The number of methoxy groups -OCH3 is 1. The summed E-state index contributed by atoms with van der Waals surface area (Å²) in [5, 5.41) is 18.9. The van der Waals surface area contributed by atoms with Crippen molar-refractivity contribution in [2.24, 2.45) is 0 Å². The van der Waals surface area contributed by atoms with E-state index in [4.69, 9.17) is 9.26 Å². The van der Waals surface area contributed by atoms with Gasteiger partial charge in [-0.1, -0.05) is 0 Å². The number of hydrogen-bond acceptors (Lipinski definition) is 7. The van der Waals surface area contributed by atoms with Crippen LogP contribution in [0.25, 0.3) is 5.69 Å². The summed E-state index contributed by atoms with van der Waals surface area (Å²) in [7, 11) is 1.56. The molecule has 1 aliphatic heterocycles. The molecule has 1 fully saturated rings. The first-order valence-electron chi connectivity index (χ1n) is 9.06. The Labute approximate surface area is 185 Å². The SMILES string of the molecule is COc1ccc(-[n+]2noc([O-])c2CNC2CC(=O)N(c3ccc(I)cc3)C2=O)cc1. The van der Waals surface area contributed by atoms with Gasteiger partial charge in [-0.2, -0.15) is 0 Å². The van der Waals surface area contributed by atoms with Crippen molar-refractivity contribution in [3.63, 3.8) is 0 Å². The number of anilines is 1. The third kappa shape index (κ3) is 3.87. The Balaban J connectivity index is 1.50. The molecular formula is C20H17IN4O5. The van der Waals surface area contributed by atoms with Gasteiger partial charge in [-0.3, -0.25) is 14.9 Å². The molecule has 2 aromatic carbocycles. The normalized spacial score (nSPS) is 16.3. The minimum atomic E-state index is -0.740. The van der Waals surface area contributed by atoms with Crippen LogP contribution in [0, 0.1) is 3.57 Å². The minimum absolute atomic E-state index is 0.00677. The molecule has 10 heteroatoms. The number of amides is 2. The molecule has 0 aliphatic carbocycles. The number of halogens is 1. The second-order valence-electron chi connectivity index (χ2n) is 6.60. The largest absolute Gasteiger partial charge is 0.539 e. The number of rotatable bonds is 6. The van der Waals surface area contributed by atoms with Gasteiger partial charge in [-0.15, -0.1) is 0 Å². The zero-order valence-electron chi connectivity index (χ0n) is 15.9. The van der Waals surface area contributed by atoms with E-state index in [0.29, 0.717) is 17.1 Å². The summed E-state index contributed by atoms with van der Waals surface area (Å²) in [6.07, 6.45) is 0.00677. The number of hydrogen-bond donors (Lipinski definition) is 1. The Hall–Kier alpha value is -2.99. The maximum Gasteiger partial charge on any atom is 0.253 e. The summed E-state index contributed by atoms with van der Waals surface area (Å²) >= 11 is 2.15. The third-order valence-corrected chi connectivity index (χ3v) is 5.48. The lowest BCUT2D eigenvalue weighted by Gasteiger charge is -2.15. The summed E-state index contributed by atoms with van der Waals surface area (Å²) in [6, 6.07) is 13.3. The molecule has 4 rings (SSSR count). The molecule has 2 amide bonds. The Kier molecular flexibility index (Phi) is 5.68. The second-order valence-corrected chi connectivity index (χ2v) is 7.84. The molecular weight excluding hydrogens is 503 g/mol. The fourth-order valence-electron chi connectivity index (χ4n) is 3.21. The van der Waals surface area contributed by atoms with Crippen molar-refractivity contribution in [1.29, 1.82) is 0 Å². The number of nitrogens with one attached hydrogen (secondary N) is 1. The maximum atomic E-state index is 12.8. The van der Waals surface area contributed by atoms with Crippen molar-refractivity contribution >= 4 is 40.1 Å². The average Bonchev–Trinajstić information content (AvgIpc) is 3.26. The fourth-order valence-corrected chi connectivity index (χ4v) is 3.57. The van der Waals surface area contributed by atoms with Crippen LogP contribution in [0.3, 0.4) is 0 Å².